The van der Waals surface area contributed by atoms with Crippen LogP contribution in [0.1, 0.15) is 74.3 Å². The van der Waals surface area contributed by atoms with Gasteiger partial charge in [-0.1, -0.05) is 85.7 Å². The van der Waals surface area contributed by atoms with E-state index in [0.29, 0.717) is 29.8 Å². The van der Waals surface area contributed by atoms with Gasteiger partial charge in [-0.15, -0.1) is 0 Å². The summed E-state index contributed by atoms with van der Waals surface area (Å²) in [5, 5.41) is 11.0. The Balaban J connectivity index is 3.06. The molecule has 0 aliphatic rings. The quantitative estimate of drug-likeness (QED) is 0.265. The Morgan fingerprint density at radius 3 is 1.94 bits per heavy atom. The van der Waals surface area contributed by atoms with E-state index < -0.39 is 20.5 Å². The van der Waals surface area contributed by atoms with Gasteiger partial charge in [-0.05, 0) is 29.1 Å². The molecule has 1 N–H and O–H groups in total. The van der Waals surface area contributed by atoms with Crippen molar-refractivity contribution in [3.8, 4) is 0 Å². The maximum Gasteiger partial charge on any atom is 0.305 e. The van der Waals surface area contributed by atoms with Gasteiger partial charge in [0.1, 0.15) is 6.10 Å². The molecule has 32 heavy (non-hydrogen) atoms. The number of aliphatic hydroxyl groups is 1. The number of esters is 1. The van der Waals surface area contributed by atoms with Crippen molar-refractivity contribution in [2.75, 3.05) is 6.61 Å². The molecular formula is C26H46O5Si. The standard InChI is InChI=1S/C26H46O5Si/c1-10-25(27)31-22(9)26(28)21(8)24(29-16-23-14-12-11-13-15-23)17-30-32(18(2)3,19(4)5)20(6)7/h11-15,18-22,24,26,28H,10,16-17H2,1-9H3/t21-,22+,24+,26-/m1/s1. The second-order valence-corrected chi connectivity index (χ2v) is 15.3. The van der Waals surface area contributed by atoms with E-state index in [-0.39, 0.29) is 24.4 Å². The molecule has 0 radical (unpaired) electrons. The van der Waals surface area contributed by atoms with E-state index in [1.54, 1.807) is 13.8 Å². The highest BCUT2D eigenvalue weighted by Gasteiger charge is 2.46. The summed E-state index contributed by atoms with van der Waals surface area (Å²) in [6, 6.07) is 10.0. The Hall–Kier alpha value is -1.21. The molecule has 0 aliphatic heterocycles. The Morgan fingerprint density at radius 2 is 1.47 bits per heavy atom. The minimum absolute atomic E-state index is 0.267. The van der Waals surface area contributed by atoms with Crippen molar-refractivity contribution in [2.45, 2.75) is 110 Å². The Morgan fingerprint density at radius 1 is 0.938 bits per heavy atom. The zero-order chi connectivity index (χ0) is 24.5. The first-order valence-electron chi connectivity index (χ1n) is 12.1. The molecule has 4 atom stereocenters. The Kier molecular flexibility index (Phi) is 12.1. The lowest BCUT2D eigenvalue weighted by Crippen LogP contribution is -2.51. The molecule has 0 unspecified atom stereocenters. The monoisotopic (exact) mass is 466 g/mol. The molecule has 0 fully saturated rings. The molecule has 184 valence electrons. The minimum atomic E-state index is -2.09. The molecule has 0 bridgehead atoms. The topological polar surface area (TPSA) is 65.0 Å². The lowest BCUT2D eigenvalue weighted by atomic mass is 9.94. The molecule has 0 amide bonds. The van der Waals surface area contributed by atoms with Gasteiger partial charge in [-0.25, -0.2) is 0 Å². The fourth-order valence-corrected chi connectivity index (χ4v) is 10.3. The van der Waals surface area contributed by atoms with Crippen molar-refractivity contribution >= 4 is 14.3 Å². The Labute approximate surface area is 197 Å². The first-order chi connectivity index (χ1) is 15.0. The third kappa shape index (κ3) is 7.68. The molecule has 0 saturated heterocycles. The molecule has 0 aliphatic carbocycles. The number of aliphatic hydroxyl groups excluding tert-OH is 1. The van der Waals surface area contributed by atoms with E-state index >= 15 is 0 Å². The average molecular weight is 467 g/mol. The van der Waals surface area contributed by atoms with Gasteiger partial charge in [0.2, 0.25) is 0 Å². The summed E-state index contributed by atoms with van der Waals surface area (Å²) >= 11 is 0. The first-order valence-corrected chi connectivity index (χ1v) is 14.3. The lowest BCUT2D eigenvalue weighted by Gasteiger charge is -2.43. The number of ether oxygens (including phenoxy) is 2. The number of carbonyl (C=O) groups excluding carboxylic acids is 1. The van der Waals surface area contributed by atoms with Gasteiger partial charge in [0, 0.05) is 12.3 Å². The third-order valence-electron chi connectivity index (χ3n) is 6.72. The molecule has 0 heterocycles. The number of rotatable bonds is 14. The summed E-state index contributed by atoms with van der Waals surface area (Å²) in [5.41, 5.74) is 2.45. The van der Waals surface area contributed by atoms with Gasteiger partial charge in [0.05, 0.1) is 25.4 Å². The van der Waals surface area contributed by atoms with E-state index in [4.69, 9.17) is 13.9 Å². The molecular weight excluding hydrogens is 420 g/mol. The van der Waals surface area contributed by atoms with Crippen molar-refractivity contribution in [1.82, 2.24) is 0 Å². The van der Waals surface area contributed by atoms with Crippen LogP contribution in [0, 0.1) is 5.92 Å². The molecule has 1 rings (SSSR count). The summed E-state index contributed by atoms with van der Waals surface area (Å²) in [6.07, 6.45) is -1.49. The van der Waals surface area contributed by atoms with E-state index in [9.17, 15) is 9.90 Å². The number of hydrogen-bond acceptors (Lipinski definition) is 5. The predicted octanol–water partition coefficient (Wildman–Crippen LogP) is 6.10. The van der Waals surface area contributed by atoms with Gasteiger partial charge in [0.25, 0.3) is 0 Å². The van der Waals surface area contributed by atoms with Gasteiger partial charge < -0.3 is 19.0 Å². The maximum absolute atomic E-state index is 11.7. The summed E-state index contributed by atoms with van der Waals surface area (Å²) in [6.45, 7) is 19.9. The van der Waals surface area contributed by atoms with E-state index in [0.717, 1.165) is 5.56 Å². The molecule has 5 nitrogen and oxygen atoms in total. The average Bonchev–Trinajstić information content (AvgIpc) is 2.74. The van der Waals surface area contributed by atoms with Crippen LogP contribution in [0.15, 0.2) is 30.3 Å². The van der Waals surface area contributed by atoms with Gasteiger partial charge in [-0.2, -0.15) is 0 Å². The van der Waals surface area contributed by atoms with E-state index in [2.05, 4.69) is 41.5 Å². The van der Waals surface area contributed by atoms with Crippen molar-refractivity contribution in [3.63, 3.8) is 0 Å². The summed E-state index contributed by atoms with van der Waals surface area (Å²) in [5.74, 6) is -0.579. The van der Waals surface area contributed by atoms with E-state index in [1.807, 2.05) is 37.3 Å². The van der Waals surface area contributed by atoms with Crippen LogP contribution >= 0.6 is 0 Å². The van der Waals surface area contributed by atoms with Crippen LogP contribution in [0.2, 0.25) is 16.6 Å². The van der Waals surface area contributed by atoms with Crippen molar-refractivity contribution in [2.24, 2.45) is 5.92 Å². The summed E-state index contributed by atoms with van der Waals surface area (Å²) in [4.78, 5) is 11.7. The van der Waals surface area contributed by atoms with Crippen LogP contribution in [0.25, 0.3) is 0 Å². The maximum atomic E-state index is 11.7. The highest BCUT2D eigenvalue weighted by Crippen LogP contribution is 2.42. The van der Waals surface area contributed by atoms with Gasteiger partial charge in [0.15, 0.2) is 8.32 Å². The zero-order valence-corrected chi connectivity index (χ0v) is 22.6. The molecule has 6 heteroatoms. The van der Waals surface area contributed by atoms with Crippen molar-refractivity contribution in [3.05, 3.63) is 35.9 Å². The van der Waals surface area contributed by atoms with Gasteiger partial charge >= 0.3 is 5.97 Å². The molecule has 1 aromatic carbocycles. The minimum Gasteiger partial charge on any atom is -0.460 e. The highest BCUT2D eigenvalue weighted by atomic mass is 28.4. The fraction of sp³-hybridized carbons (Fsp3) is 0.731. The normalized spacial score (nSPS) is 16.3. The number of hydrogen-bond donors (Lipinski definition) is 1. The molecule has 1 aromatic rings. The van der Waals surface area contributed by atoms with Crippen LogP contribution in [-0.2, 0) is 25.3 Å². The largest absolute Gasteiger partial charge is 0.460 e. The van der Waals surface area contributed by atoms with E-state index in [1.165, 1.54) is 0 Å². The number of benzene rings is 1. The molecule has 0 aromatic heterocycles. The van der Waals surface area contributed by atoms with Gasteiger partial charge in [-0.3, -0.25) is 4.79 Å². The second kappa shape index (κ2) is 13.5. The van der Waals surface area contributed by atoms with Crippen LogP contribution in [0.3, 0.4) is 0 Å². The molecule has 0 spiro atoms. The van der Waals surface area contributed by atoms with Crippen LogP contribution in [0.4, 0.5) is 0 Å². The summed E-state index contributed by atoms with van der Waals surface area (Å²) < 4.78 is 18.5. The van der Waals surface area contributed by atoms with Crippen LogP contribution in [0.5, 0.6) is 0 Å². The highest BCUT2D eigenvalue weighted by molar-refractivity contribution is 6.77. The third-order valence-corrected chi connectivity index (χ3v) is 12.8. The first kappa shape index (κ1) is 28.8. The second-order valence-electron chi connectivity index (χ2n) is 9.86. The molecule has 0 saturated carbocycles. The zero-order valence-electron chi connectivity index (χ0n) is 21.6. The number of carbonyl (C=O) groups is 1. The van der Waals surface area contributed by atoms with Crippen LogP contribution in [-0.4, -0.2) is 44.3 Å². The smallest absolute Gasteiger partial charge is 0.305 e. The van der Waals surface area contributed by atoms with Crippen LogP contribution < -0.4 is 0 Å². The van der Waals surface area contributed by atoms with Crippen molar-refractivity contribution < 1.29 is 23.8 Å². The Bertz CT molecular complexity index is 640. The summed E-state index contributed by atoms with van der Waals surface area (Å²) in [7, 11) is -2.09. The SMILES string of the molecule is CCC(=O)O[C@@H](C)[C@H](O)[C@H](C)[C@H](CO[Si](C(C)C)(C(C)C)C(C)C)OCc1ccccc1. The lowest BCUT2D eigenvalue weighted by molar-refractivity contribution is -0.159. The fourth-order valence-electron chi connectivity index (χ4n) is 4.86. The van der Waals surface area contributed by atoms with Crippen molar-refractivity contribution in [1.29, 1.82) is 0 Å². The predicted molar refractivity (Wildman–Crippen MR) is 133 cm³/mol.